The van der Waals surface area contributed by atoms with Gasteiger partial charge in [-0.2, -0.15) is 0 Å². The van der Waals surface area contributed by atoms with Crippen molar-refractivity contribution in [2.75, 3.05) is 13.1 Å². The molecular formula is C18H14Cl2N2O3S. The summed E-state index contributed by atoms with van der Waals surface area (Å²) in [6, 6.07) is 11.8. The summed E-state index contributed by atoms with van der Waals surface area (Å²) in [4.78, 5) is 24.6. The molecule has 2 amide bonds. The molecular weight excluding hydrogens is 395 g/mol. The number of hydrogen-bond acceptors (Lipinski definition) is 4. The molecule has 2 aromatic heterocycles. The van der Waals surface area contributed by atoms with Gasteiger partial charge >= 0.3 is 0 Å². The van der Waals surface area contributed by atoms with Gasteiger partial charge in [0.25, 0.3) is 11.8 Å². The van der Waals surface area contributed by atoms with E-state index in [4.69, 9.17) is 27.6 Å². The van der Waals surface area contributed by atoms with Crippen LogP contribution in [0.1, 0.15) is 20.2 Å². The Hall–Kier alpha value is -2.28. The fraction of sp³-hybridized carbons (Fsp3) is 0.111. The van der Waals surface area contributed by atoms with E-state index in [2.05, 4.69) is 10.6 Å². The molecule has 3 rings (SSSR count). The number of hydrogen-bond donors (Lipinski definition) is 2. The third-order valence-corrected chi connectivity index (χ3v) is 4.90. The molecule has 0 aliphatic heterocycles. The number of furan rings is 1. The first-order valence-corrected chi connectivity index (χ1v) is 9.33. The quantitative estimate of drug-likeness (QED) is 0.590. The summed E-state index contributed by atoms with van der Waals surface area (Å²) in [5.74, 6) is 0.0687. The van der Waals surface area contributed by atoms with Crippen LogP contribution in [0.3, 0.4) is 0 Å². The molecule has 0 saturated carbocycles. The first kappa shape index (κ1) is 18.5. The second-order valence-electron chi connectivity index (χ2n) is 5.28. The maximum Gasteiger partial charge on any atom is 0.287 e. The molecule has 134 valence electrons. The molecule has 0 unspecified atom stereocenters. The van der Waals surface area contributed by atoms with Gasteiger partial charge in [-0.15, -0.1) is 11.3 Å². The number of thiophene rings is 1. The molecule has 0 radical (unpaired) electrons. The van der Waals surface area contributed by atoms with E-state index in [1.807, 2.05) is 11.4 Å². The lowest BCUT2D eigenvalue weighted by Crippen LogP contribution is -2.34. The molecule has 0 aliphatic rings. The van der Waals surface area contributed by atoms with Gasteiger partial charge in [0.05, 0.1) is 9.90 Å². The fourth-order valence-electron chi connectivity index (χ4n) is 2.23. The van der Waals surface area contributed by atoms with E-state index in [9.17, 15) is 9.59 Å². The van der Waals surface area contributed by atoms with Crippen LogP contribution < -0.4 is 10.6 Å². The first-order valence-electron chi connectivity index (χ1n) is 7.70. The van der Waals surface area contributed by atoms with Gasteiger partial charge in [-0.25, -0.2) is 0 Å². The standard InChI is InChI=1S/C18H14Cl2N2O3S/c19-11-3-4-13(20)12(10-11)14-5-6-15(25-14)17(23)21-7-8-22-18(24)16-2-1-9-26-16/h1-6,9-10H,7-8H2,(H,21,23)(H,22,24). The van der Waals surface area contributed by atoms with Crippen LogP contribution in [0.2, 0.25) is 10.0 Å². The first-order chi connectivity index (χ1) is 12.5. The van der Waals surface area contributed by atoms with E-state index in [-0.39, 0.29) is 24.1 Å². The van der Waals surface area contributed by atoms with Crippen LogP contribution in [-0.4, -0.2) is 24.9 Å². The van der Waals surface area contributed by atoms with E-state index >= 15 is 0 Å². The van der Waals surface area contributed by atoms with E-state index in [0.717, 1.165) is 0 Å². The number of halogens is 2. The minimum atomic E-state index is -0.375. The zero-order chi connectivity index (χ0) is 18.5. The summed E-state index contributed by atoms with van der Waals surface area (Å²) in [5, 5.41) is 8.25. The molecule has 1 aromatic carbocycles. The normalized spacial score (nSPS) is 10.5. The van der Waals surface area contributed by atoms with Gasteiger partial charge in [-0.05, 0) is 41.8 Å². The van der Waals surface area contributed by atoms with Crippen molar-refractivity contribution in [3.8, 4) is 11.3 Å². The van der Waals surface area contributed by atoms with Crippen LogP contribution in [0.4, 0.5) is 0 Å². The van der Waals surface area contributed by atoms with E-state index in [1.54, 1.807) is 36.4 Å². The van der Waals surface area contributed by atoms with Gasteiger partial charge in [-0.3, -0.25) is 9.59 Å². The second-order valence-corrected chi connectivity index (χ2v) is 7.07. The van der Waals surface area contributed by atoms with Gasteiger partial charge in [0, 0.05) is 23.7 Å². The molecule has 0 spiro atoms. The highest BCUT2D eigenvalue weighted by Crippen LogP contribution is 2.31. The Balaban J connectivity index is 1.53. The van der Waals surface area contributed by atoms with Crippen LogP contribution >= 0.6 is 34.5 Å². The Bertz CT molecular complexity index is 922. The Labute approximate surface area is 163 Å². The predicted molar refractivity (Wildman–Crippen MR) is 103 cm³/mol. The van der Waals surface area contributed by atoms with Crippen LogP contribution in [0, 0.1) is 0 Å². The lowest BCUT2D eigenvalue weighted by Gasteiger charge is -2.05. The van der Waals surface area contributed by atoms with Gasteiger partial charge in [0.1, 0.15) is 5.76 Å². The van der Waals surface area contributed by atoms with Crippen molar-refractivity contribution in [1.29, 1.82) is 0 Å². The summed E-state index contributed by atoms with van der Waals surface area (Å²) in [6.45, 7) is 0.597. The van der Waals surface area contributed by atoms with Gasteiger partial charge in [0.15, 0.2) is 5.76 Å². The van der Waals surface area contributed by atoms with Crippen LogP contribution in [0.15, 0.2) is 52.3 Å². The Morgan fingerprint density at radius 1 is 1.00 bits per heavy atom. The average molecular weight is 409 g/mol. The molecule has 0 bridgehead atoms. The maximum atomic E-state index is 12.1. The van der Waals surface area contributed by atoms with Crippen molar-refractivity contribution in [3.05, 3.63) is 68.5 Å². The molecule has 2 N–H and O–H groups in total. The topological polar surface area (TPSA) is 71.3 Å². The van der Waals surface area contributed by atoms with Crippen LogP contribution in [0.25, 0.3) is 11.3 Å². The number of rotatable bonds is 6. The lowest BCUT2D eigenvalue weighted by molar-refractivity contribution is 0.0912. The van der Waals surface area contributed by atoms with Crippen molar-refractivity contribution >= 4 is 46.4 Å². The molecule has 8 heteroatoms. The number of benzene rings is 1. The zero-order valence-electron chi connectivity index (χ0n) is 13.4. The highest BCUT2D eigenvalue weighted by Gasteiger charge is 2.14. The third kappa shape index (κ3) is 4.46. The summed E-state index contributed by atoms with van der Waals surface area (Å²) in [5.41, 5.74) is 0.612. The molecule has 0 fully saturated rings. The van der Waals surface area contributed by atoms with E-state index in [0.29, 0.717) is 32.8 Å². The zero-order valence-corrected chi connectivity index (χ0v) is 15.8. The number of nitrogens with one attached hydrogen (secondary N) is 2. The van der Waals surface area contributed by atoms with Gasteiger partial charge < -0.3 is 15.1 Å². The fourth-order valence-corrected chi connectivity index (χ4v) is 3.25. The Morgan fingerprint density at radius 2 is 1.77 bits per heavy atom. The van der Waals surface area contributed by atoms with Crippen molar-refractivity contribution in [2.24, 2.45) is 0 Å². The SMILES string of the molecule is O=C(NCCNC(=O)c1cccs1)c1ccc(-c2cc(Cl)ccc2Cl)o1. The van der Waals surface area contributed by atoms with Crippen LogP contribution in [-0.2, 0) is 0 Å². The molecule has 26 heavy (non-hydrogen) atoms. The average Bonchev–Trinajstić information content (AvgIpc) is 3.32. The van der Waals surface area contributed by atoms with E-state index in [1.165, 1.54) is 11.3 Å². The summed E-state index contributed by atoms with van der Waals surface area (Å²) in [6.07, 6.45) is 0. The van der Waals surface area contributed by atoms with Crippen LogP contribution in [0.5, 0.6) is 0 Å². The van der Waals surface area contributed by atoms with Crippen molar-refractivity contribution in [2.45, 2.75) is 0 Å². The summed E-state index contributed by atoms with van der Waals surface area (Å²) >= 11 is 13.5. The van der Waals surface area contributed by atoms with Gasteiger partial charge in [0.2, 0.25) is 0 Å². The molecule has 0 atom stereocenters. The minimum absolute atomic E-state index is 0.153. The Kier molecular flexibility index (Phi) is 5.98. The number of amides is 2. The highest BCUT2D eigenvalue weighted by atomic mass is 35.5. The molecule has 2 heterocycles. The smallest absolute Gasteiger partial charge is 0.287 e. The van der Waals surface area contributed by atoms with Gasteiger partial charge in [-0.1, -0.05) is 29.3 Å². The van der Waals surface area contributed by atoms with Crippen molar-refractivity contribution in [1.82, 2.24) is 10.6 Å². The lowest BCUT2D eigenvalue weighted by atomic mass is 10.2. The summed E-state index contributed by atoms with van der Waals surface area (Å²) < 4.78 is 5.56. The number of carbonyl (C=O) groups excluding carboxylic acids is 2. The summed E-state index contributed by atoms with van der Waals surface area (Å²) in [7, 11) is 0. The van der Waals surface area contributed by atoms with Crippen molar-refractivity contribution < 1.29 is 14.0 Å². The molecule has 0 aliphatic carbocycles. The maximum absolute atomic E-state index is 12.1. The monoisotopic (exact) mass is 408 g/mol. The highest BCUT2D eigenvalue weighted by molar-refractivity contribution is 7.12. The predicted octanol–water partition coefficient (Wildman–Crippen LogP) is 4.47. The largest absolute Gasteiger partial charge is 0.451 e. The Morgan fingerprint density at radius 3 is 2.50 bits per heavy atom. The third-order valence-electron chi connectivity index (χ3n) is 3.46. The minimum Gasteiger partial charge on any atom is -0.451 e. The molecule has 3 aromatic rings. The number of carbonyl (C=O) groups is 2. The molecule has 0 saturated heterocycles. The van der Waals surface area contributed by atoms with E-state index < -0.39 is 0 Å². The van der Waals surface area contributed by atoms with Crippen molar-refractivity contribution in [3.63, 3.8) is 0 Å². The molecule has 5 nitrogen and oxygen atoms in total. The second kappa shape index (κ2) is 8.40.